The van der Waals surface area contributed by atoms with Crippen LogP contribution < -0.4 is 5.73 Å². The molecule has 2 aromatic heterocycles. The van der Waals surface area contributed by atoms with Crippen molar-refractivity contribution in [3.05, 3.63) is 59.3 Å². The smallest absolute Gasteiger partial charge is 0.141 e. The van der Waals surface area contributed by atoms with Gasteiger partial charge in [0.25, 0.3) is 0 Å². The summed E-state index contributed by atoms with van der Waals surface area (Å²) in [5, 5.41) is 8.17. The number of rotatable bonds is 3. The molecule has 5 nitrogen and oxygen atoms in total. The number of hydrogen-bond donors (Lipinski definition) is 1. The SMILES string of the molecule is NCc1nnn(-c2ccc(F)c(Cl)c2)c1-c1cccnc1. The van der Waals surface area contributed by atoms with Gasteiger partial charge in [-0.05, 0) is 30.3 Å². The molecule has 3 rings (SSSR count). The highest BCUT2D eigenvalue weighted by Crippen LogP contribution is 2.26. The average molecular weight is 304 g/mol. The monoisotopic (exact) mass is 303 g/mol. The van der Waals surface area contributed by atoms with Crippen LogP contribution in [0.5, 0.6) is 0 Å². The highest BCUT2D eigenvalue weighted by Gasteiger charge is 2.16. The van der Waals surface area contributed by atoms with Crippen LogP contribution in [0.15, 0.2) is 42.7 Å². The molecule has 0 aliphatic heterocycles. The van der Waals surface area contributed by atoms with Crippen molar-refractivity contribution in [2.45, 2.75) is 6.54 Å². The van der Waals surface area contributed by atoms with Gasteiger partial charge in [-0.15, -0.1) is 5.10 Å². The van der Waals surface area contributed by atoms with Gasteiger partial charge in [-0.25, -0.2) is 9.07 Å². The number of hydrogen-bond acceptors (Lipinski definition) is 4. The molecule has 2 heterocycles. The number of nitrogens with zero attached hydrogens (tertiary/aromatic N) is 4. The molecule has 3 aromatic rings. The van der Waals surface area contributed by atoms with E-state index in [0.717, 1.165) is 5.56 Å². The van der Waals surface area contributed by atoms with Gasteiger partial charge in [0.15, 0.2) is 0 Å². The molecule has 0 aliphatic carbocycles. The molecule has 0 fully saturated rings. The fourth-order valence-electron chi connectivity index (χ4n) is 2.04. The average Bonchev–Trinajstić information content (AvgIpc) is 2.95. The largest absolute Gasteiger partial charge is 0.325 e. The molecule has 7 heteroatoms. The van der Waals surface area contributed by atoms with Gasteiger partial charge in [-0.1, -0.05) is 16.8 Å². The van der Waals surface area contributed by atoms with Crippen LogP contribution >= 0.6 is 11.6 Å². The number of aromatic nitrogens is 4. The predicted molar refractivity (Wildman–Crippen MR) is 77.4 cm³/mol. The standard InChI is InChI=1S/C14H11ClFN5/c15-11-6-10(3-4-12(11)16)21-14(13(7-17)19-20-21)9-2-1-5-18-8-9/h1-6,8H,7,17H2. The molecule has 1 aromatic carbocycles. The van der Waals surface area contributed by atoms with Crippen molar-refractivity contribution >= 4 is 11.6 Å². The number of halogens is 2. The minimum atomic E-state index is -0.484. The molecule has 0 saturated carbocycles. The van der Waals surface area contributed by atoms with Crippen LogP contribution in [-0.4, -0.2) is 20.0 Å². The van der Waals surface area contributed by atoms with E-state index in [1.165, 1.54) is 12.1 Å². The number of pyridine rings is 1. The van der Waals surface area contributed by atoms with Crippen molar-refractivity contribution in [3.63, 3.8) is 0 Å². The summed E-state index contributed by atoms with van der Waals surface area (Å²) in [6.07, 6.45) is 3.37. The van der Waals surface area contributed by atoms with Crippen LogP contribution in [0.2, 0.25) is 5.02 Å². The third-order valence-corrected chi connectivity index (χ3v) is 3.31. The maximum Gasteiger partial charge on any atom is 0.141 e. The number of benzene rings is 1. The molecule has 0 saturated heterocycles. The summed E-state index contributed by atoms with van der Waals surface area (Å²) in [4.78, 5) is 4.09. The van der Waals surface area contributed by atoms with E-state index >= 15 is 0 Å². The fraction of sp³-hybridized carbons (Fsp3) is 0.0714. The van der Waals surface area contributed by atoms with Crippen molar-refractivity contribution in [3.8, 4) is 16.9 Å². The third kappa shape index (κ3) is 2.51. The Labute approximate surface area is 125 Å². The first-order valence-corrected chi connectivity index (χ1v) is 6.59. The highest BCUT2D eigenvalue weighted by molar-refractivity contribution is 6.30. The molecule has 0 spiro atoms. The normalized spacial score (nSPS) is 10.8. The predicted octanol–water partition coefficient (Wildman–Crippen LogP) is 2.58. The molecule has 0 unspecified atom stereocenters. The summed E-state index contributed by atoms with van der Waals surface area (Å²) in [5.41, 5.74) is 8.48. The molecular weight excluding hydrogens is 293 g/mol. The van der Waals surface area contributed by atoms with E-state index in [-0.39, 0.29) is 11.6 Å². The summed E-state index contributed by atoms with van der Waals surface area (Å²) >= 11 is 5.83. The van der Waals surface area contributed by atoms with Crippen molar-refractivity contribution in [1.29, 1.82) is 0 Å². The molecule has 0 radical (unpaired) electrons. The summed E-state index contributed by atoms with van der Waals surface area (Å²) in [6, 6.07) is 8.05. The lowest BCUT2D eigenvalue weighted by Crippen LogP contribution is -2.03. The number of nitrogens with two attached hydrogens (primary N) is 1. The van der Waals surface area contributed by atoms with Crippen LogP contribution in [0.3, 0.4) is 0 Å². The van der Waals surface area contributed by atoms with Gasteiger partial charge in [0.2, 0.25) is 0 Å². The van der Waals surface area contributed by atoms with Crippen LogP contribution in [0.25, 0.3) is 16.9 Å². The molecule has 2 N–H and O–H groups in total. The molecule has 21 heavy (non-hydrogen) atoms. The van der Waals surface area contributed by atoms with E-state index in [9.17, 15) is 4.39 Å². The van der Waals surface area contributed by atoms with E-state index in [1.54, 1.807) is 23.1 Å². The maximum atomic E-state index is 13.3. The van der Waals surface area contributed by atoms with Gasteiger partial charge in [-0.3, -0.25) is 4.98 Å². The van der Waals surface area contributed by atoms with Crippen molar-refractivity contribution in [1.82, 2.24) is 20.0 Å². The second kappa shape index (κ2) is 5.59. The second-order valence-electron chi connectivity index (χ2n) is 4.34. The molecule has 106 valence electrons. The summed E-state index contributed by atoms with van der Waals surface area (Å²) in [6.45, 7) is 0.235. The van der Waals surface area contributed by atoms with Gasteiger partial charge in [0.1, 0.15) is 17.2 Å². The Morgan fingerprint density at radius 3 is 2.81 bits per heavy atom. The van der Waals surface area contributed by atoms with E-state index < -0.39 is 5.82 Å². The molecular formula is C14H11ClFN5. The second-order valence-corrected chi connectivity index (χ2v) is 4.75. The van der Waals surface area contributed by atoms with Crippen LogP contribution in [0, 0.1) is 5.82 Å². The summed E-state index contributed by atoms with van der Waals surface area (Å²) < 4.78 is 14.9. The van der Waals surface area contributed by atoms with Crippen LogP contribution in [-0.2, 0) is 6.54 Å². The first-order chi connectivity index (χ1) is 10.2. The molecule has 0 amide bonds. The third-order valence-electron chi connectivity index (χ3n) is 3.02. The van der Waals surface area contributed by atoms with Gasteiger partial charge in [0, 0.05) is 24.5 Å². The Morgan fingerprint density at radius 2 is 2.14 bits per heavy atom. The lowest BCUT2D eigenvalue weighted by molar-refractivity contribution is 0.627. The fourth-order valence-corrected chi connectivity index (χ4v) is 2.21. The Morgan fingerprint density at radius 1 is 1.29 bits per heavy atom. The Kier molecular flexibility index (Phi) is 3.64. The van der Waals surface area contributed by atoms with Crippen LogP contribution in [0.1, 0.15) is 5.69 Å². The lowest BCUT2D eigenvalue weighted by Gasteiger charge is -2.08. The topological polar surface area (TPSA) is 69.6 Å². The van der Waals surface area contributed by atoms with E-state index in [2.05, 4.69) is 15.3 Å². The summed E-state index contributed by atoms with van der Waals surface area (Å²) in [5.74, 6) is -0.484. The molecule has 0 aliphatic rings. The lowest BCUT2D eigenvalue weighted by atomic mass is 10.1. The van der Waals surface area contributed by atoms with Crippen molar-refractivity contribution < 1.29 is 4.39 Å². The zero-order chi connectivity index (χ0) is 14.8. The van der Waals surface area contributed by atoms with Crippen molar-refractivity contribution in [2.75, 3.05) is 0 Å². The summed E-state index contributed by atoms with van der Waals surface area (Å²) in [7, 11) is 0. The quantitative estimate of drug-likeness (QED) is 0.807. The Balaban J connectivity index is 2.20. The van der Waals surface area contributed by atoms with Gasteiger partial charge >= 0.3 is 0 Å². The molecule has 0 bridgehead atoms. The molecule has 0 atom stereocenters. The van der Waals surface area contributed by atoms with Crippen molar-refractivity contribution in [2.24, 2.45) is 5.73 Å². The van der Waals surface area contributed by atoms with Gasteiger partial charge in [0.05, 0.1) is 10.7 Å². The van der Waals surface area contributed by atoms with E-state index in [4.69, 9.17) is 17.3 Å². The zero-order valence-electron chi connectivity index (χ0n) is 10.9. The Bertz CT molecular complexity index is 772. The Hall–Kier alpha value is -2.31. The zero-order valence-corrected chi connectivity index (χ0v) is 11.6. The first-order valence-electron chi connectivity index (χ1n) is 6.21. The van der Waals surface area contributed by atoms with Gasteiger partial charge < -0.3 is 5.73 Å². The highest BCUT2D eigenvalue weighted by atomic mass is 35.5. The minimum Gasteiger partial charge on any atom is -0.325 e. The maximum absolute atomic E-state index is 13.3. The first kappa shape index (κ1) is 13.7. The van der Waals surface area contributed by atoms with Gasteiger partial charge in [-0.2, -0.15) is 0 Å². The minimum absolute atomic E-state index is 0.0226. The van der Waals surface area contributed by atoms with Crippen LogP contribution in [0.4, 0.5) is 4.39 Å². The van der Waals surface area contributed by atoms with E-state index in [0.29, 0.717) is 17.1 Å². The van der Waals surface area contributed by atoms with E-state index in [1.807, 2.05) is 12.1 Å².